The van der Waals surface area contributed by atoms with Crippen LogP contribution >= 0.6 is 0 Å². The third-order valence-electron chi connectivity index (χ3n) is 1.55. The average Bonchev–Trinajstić information content (AvgIpc) is 2.47. The van der Waals surface area contributed by atoms with Crippen LogP contribution in [0.3, 0.4) is 0 Å². The van der Waals surface area contributed by atoms with Crippen LogP contribution in [0.25, 0.3) is 0 Å². The van der Waals surface area contributed by atoms with Crippen LogP contribution in [0, 0.1) is 0 Å². The maximum Gasteiger partial charge on any atom is 0.342 e. The van der Waals surface area contributed by atoms with Gasteiger partial charge in [-0.1, -0.05) is 0 Å². The van der Waals surface area contributed by atoms with Crippen LogP contribution in [-0.4, -0.2) is 41.2 Å². The molecule has 0 radical (unpaired) electrons. The first-order valence-corrected chi connectivity index (χ1v) is 4.04. The van der Waals surface area contributed by atoms with Gasteiger partial charge in [0.05, 0.1) is 6.61 Å². The number of rotatable bonds is 5. The molecule has 0 aliphatic rings. The number of hydrogen-bond acceptors (Lipinski definition) is 4. The molecule has 1 rings (SSSR count). The van der Waals surface area contributed by atoms with Crippen LogP contribution in [0.5, 0.6) is 5.88 Å². The van der Waals surface area contributed by atoms with E-state index in [0.717, 1.165) is 0 Å². The Labute approximate surface area is 81.0 Å². The van der Waals surface area contributed by atoms with Crippen LogP contribution in [0.1, 0.15) is 10.4 Å². The van der Waals surface area contributed by atoms with Crippen molar-refractivity contribution in [3.8, 4) is 5.88 Å². The highest BCUT2D eigenvalue weighted by atomic mass is 16.5. The van der Waals surface area contributed by atoms with Gasteiger partial charge in [-0.15, -0.1) is 5.10 Å². The van der Waals surface area contributed by atoms with Crippen molar-refractivity contribution in [3.05, 3.63) is 11.8 Å². The van der Waals surface area contributed by atoms with E-state index in [1.807, 2.05) is 0 Å². The fourth-order valence-corrected chi connectivity index (χ4v) is 0.943. The first-order valence-electron chi connectivity index (χ1n) is 4.04. The standard InChI is InChI=1S/C8H12N2O4/c1-10-5-6(8(11)12)7(9-10)14-4-3-13-2/h5H,3-4H2,1-2H3,(H,11,12). The highest BCUT2D eigenvalue weighted by molar-refractivity contribution is 5.89. The van der Waals surface area contributed by atoms with Gasteiger partial charge in [-0.05, 0) is 0 Å². The van der Waals surface area contributed by atoms with E-state index in [4.69, 9.17) is 14.6 Å². The molecular weight excluding hydrogens is 188 g/mol. The molecular formula is C8H12N2O4. The molecule has 0 amide bonds. The zero-order chi connectivity index (χ0) is 10.6. The molecule has 0 unspecified atom stereocenters. The van der Waals surface area contributed by atoms with Crippen LogP contribution in [-0.2, 0) is 11.8 Å². The van der Waals surface area contributed by atoms with Crippen molar-refractivity contribution in [3.63, 3.8) is 0 Å². The minimum absolute atomic E-state index is 0.0589. The molecule has 0 atom stereocenters. The summed E-state index contributed by atoms with van der Waals surface area (Å²) in [7, 11) is 3.18. The molecule has 0 aliphatic carbocycles. The number of nitrogens with zero attached hydrogens (tertiary/aromatic N) is 2. The van der Waals surface area contributed by atoms with Gasteiger partial charge in [0.1, 0.15) is 12.2 Å². The highest BCUT2D eigenvalue weighted by Gasteiger charge is 2.15. The highest BCUT2D eigenvalue weighted by Crippen LogP contribution is 2.14. The van der Waals surface area contributed by atoms with Gasteiger partial charge in [-0.3, -0.25) is 4.68 Å². The number of aryl methyl sites for hydroxylation is 1. The Morgan fingerprint density at radius 3 is 2.93 bits per heavy atom. The third kappa shape index (κ3) is 2.46. The molecule has 1 aromatic rings. The second-order valence-electron chi connectivity index (χ2n) is 2.67. The number of carboxylic acids is 1. The van der Waals surface area contributed by atoms with Gasteiger partial charge in [-0.25, -0.2) is 4.79 Å². The van der Waals surface area contributed by atoms with E-state index in [-0.39, 0.29) is 18.1 Å². The van der Waals surface area contributed by atoms with Crippen molar-refractivity contribution in [1.29, 1.82) is 0 Å². The number of methoxy groups -OCH3 is 1. The van der Waals surface area contributed by atoms with Gasteiger partial charge in [0.2, 0.25) is 5.88 Å². The lowest BCUT2D eigenvalue weighted by Crippen LogP contribution is -2.07. The minimum Gasteiger partial charge on any atom is -0.477 e. The maximum absolute atomic E-state index is 10.7. The zero-order valence-electron chi connectivity index (χ0n) is 8.06. The zero-order valence-corrected chi connectivity index (χ0v) is 8.06. The number of hydrogen-bond donors (Lipinski definition) is 1. The van der Waals surface area contributed by atoms with Gasteiger partial charge in [0.15, 0.2) is 0 Å². The monoisotopic (exact) mass is 200 g/mol. The molecule has 0 saturated heterocycles. The Kier molecular flexibility index (Phi) is 3.47. The Balaban J connectivity index is 2.69. The van der Waals surface area contributed by atoms with Crippen LogP contribution in [0.15, 0.2) is 6.20 Å². The van der Waals surface area contributed by atoms with Crippen molar-refractivity contribution in [2.24, 2.45) is 7.05 Å². The van der Waals surface area contributed by atoms with Crippen molar-refractivity contribution < 1.29 is 19.4 Å². The predicted octanol–water partition coefficient (Wildman–Crippen LogP) is 0.144. The van der Waals surface area contributed by atoms with Crippen LogP contribution in [0.2, 0.25) is 0 Å². The van der Waals surface area contributed by atoms with Gasteiger partial charge in [0.25, 0.3) is 0 Å². The Morgan fingerprint density at radius 1 is 1.64 bits per heavy atom. The number of aromatic nitrogens is 2. The lowest BCUT2D eigenvalue weighted by Gasteiger charge is -2.01. The number of carbonyl (C=O) groups is 1. The van der Waals surface area contributed by atoms with Crippen molar-refractivity contribution in [2.45, 2.75) is 0 Å². The summed E-state index contributed by atoms with van der Waals surface area (Å²) in [6.07, 6.45) is 1.39. The molecule has 6 heteroatoms. The van der Waals surface area contributed by atoms with Gasteiger partial charge >= 0.3 is 5.97 Å². The molecule has 0 bridgehead atoms. The predicted molar refractivity (Wildman–Crippen MR) is 47.5 cm³/mol. The van der Waals surface area contributed by atoms with Crippen LogP contribution < -0.4 is 4.74 Å². The first-order chi connectivity index (χ1) is 6.65. The largest absolute Gasteiger partial charge is 0.477 e. The molecule has 0 aliphatic heterocycles. The van der Waals surface area contributed by atoms with E-state index < -0.39 is 5.97 Å². The second-order valence-corrected chi connectivity index (χ2v) is 2.67. The molecule has 0 aromatic carbocycles. The normalized spacial score (nSPS) is 10.1. The number of ether oxygens (including phenoxy) is 2. The lowest BCUT2D eigenvalue weighted by molar-refractivity contribution is 0.0689. The Hall–Kier alpha value is -1.56. The minimum atomic E-state index is -1.05. The summed E-state index contributed by atoms with van der Waals surface area (Å²) in [6, 6.07) is 0. The summed E-state index contributed by atoms with van der Waals surface area (Å²) in [5.41, 5.74) is 0.0589. The quantitative estimate of drug-likeness (QED) is 0.684. The maximum atomic E-state index is 10.7. The molecule has 78 valence electrons. The summed E-state index contributed by atoms with van der Waals surface area (Å²) in [5.74, 6) is -0.928. The topological polar surface area (TPSA) is 73.6 Å². The fourth-order valence-electron chi connectivity index (χ4n) is 0.943. The molecule has 0 saturated carbocycles. The Morgan fingerprint density at radius 2 is 2.36 bits per heavy atom. The summed E-state index contributed by atoms with van der Waals surface area (Å²) in [6.45, 7) is 0.684. The Bertz CT molecular complexity index is 321. The summed E-state index contributed by atoms with van der Waals surface area (Å²) >= 11 is 0. The van der Waals surface area contributed by atoms with E-state index in [9.17, 15) is 4.79 Å². The number of carboxylic acid groups (broad SMARTS) is 1. The van der Waals surface area contributed by atoms with E-state index in [2.05, 4.69) is 5.10 Å². The molecule has 1 heterocycles. The van der Waals surface area contributed by atoms with E-state index >= 15 is 0 Å². The molecule has 14 heavy (non-hydrogen) atoms. The van der Waals surface area contributed by atoms with E-state index in [1.165, 1.54) is 10.9 Å². The average molecular weight is 200 g/mol. The summed E-state index contributed by atoms with van der Waals surface area (Å²) < 4.78 is 11.3. The SMILES string of the molecule is COCCOc1nn(C)cc1C(=O)O. The third-order valence-corrected chi connectivity index (χ3v) is 1.55. The van der Waals surface area contributed by atoms with E-state index in [0.29, 0.717) is 6.61 Å². The van der Waals surface area contributed by atoms with Crippen molar-refractivity contribution >= 4 is 5.97 Å². The lowest BCUT2D eigenvalue weighted by atomic mass is 10.3. The van der Waals surface area contributed by atoms with Gasteiger partial charge in [-0.2, -0.15) is 0 Å². The van der Waals surface area contributed by atoms with Gasteiger partial charge < -0.3 is 14.6 Å². The second kappa shape index (κ2) is 4.61. The molecule has 0 fully saturated rings. The smallest absolute Gasteiger partial charge is 0.342 e. The summed E-state index contributed by atoms with van der Waals surface area (Å²) in [5, 5.41) is 12.6. The molecule has 1 N–H and O–H groups in total. The molecule has 0 spiro atoms. The van der Waals surface area contributed by atoms with Crippen LogP contribution in [0.4, 0.5) is 0 Å². The van der Waals surface area contributed by atoms with Gasteiger partial charge in [0, 0.05) is 20.4 Å². The fraction of sp³-hybridized carbons (Fsp3) is 0.500. The van der Waals surface area contributed by atoms with E-state index in [1.54, 1.807) is 14.2 Å². The molecule has 6 nitrogen and oxygen atoms in total. The summed E-state index contributed by atoms with van der Waals surface area (Å²) in [4.78, 5) is 10.7. The van der Waals surface area contributed by atoms with Crippen molar-refractivity contribution in [2.75, 3.05) is 20.3 Å². The number of aromatic carboxylic acids is 1. The van der Waals surface area contributed by atoms with Crippen molar-refractivity contribution in [1.82, 2.24) is 9.78 Å². The molecule has 1 aromatic heterocycles. The first kappa shape index (κ1) is 10.5.